The lowest BCUT2D eigenvalue weighted by Crippen LogP contribution is -2.10. The number of epoxide rings is 1. The zero-order valence-corrected chi connectivity index (χ0v) is 12.2. The maximum absolute atomic E-state index is 11.4. The Balaban J connectivity index is 1.92. The van der Waals surface area contributed by atoms with Crippen LogP contribution in [0.1, 0.15) is 10.4 Å². The second-order valence-electron chi connectivity index (χ2n) is 4.71. The van der Waals surface area contributed by atoms with Crippen LogP contribution in [0.5, 0.6) is 5.75 Å². The Kier molecular flexibility index (Phi) is 4.13. The number of hydrogen-bond acceptors (Lipinski definition) is 5. The summed E-state index contributed by atoms with van der Waals surface area (Å²) in [6.45, 7) is 0.930. The number of anilines is 2. The van der Waals surface area contributed by atoms with Crippen LogP contribution in [0.4, 0.5) is 11.5 Å². The van der Waals surface area contributed by atoms with Gasteiger partial charge in [0.1, 0.15) is 24.1 Å². The van der Waals surface area contributed by atoms with Crippen LogP contribution in [-0.2, 0) is 4.74 Å². The lowest BCUT2D eigenvalue weighted by molar-refractivity contribution is 0.0692. The van der Waals surface area contributed by atoms with E-state index in [9.17, 15) is 9.90 Å². The molecule has 3 rings (SSSR count). The van der Waals surface area contributed by atoms with Gasteiger partial charge in [-0.05, 0) is 24.3 Å². The summed E-state index contributed by atoms with van der Waals surface area (Å²) in [7, 11) is 0. The second kappa shape index (κ2) is 6.21. The van der Waals surface area contributed by atoms with Crippen molar-refractivity contribution < 1.29 is 19.4 Å². The summed E-state index contributed by atoms with van der Waals surface area (Å²) in [6, 6.07) is 8.22. The van der Waals surface area contributed by atoms with Crippen LogP contribution in [-0.4, -0.2) is 35.4 Å². The summed E-state index contributed by atoms with van der Waals surface area (Å²) in [4.78, 5) is 15.5. The minimum Gasteiger partial charge on any atom is -0.488 e. The number of rotatable bonds is 6. The zero-order valence-electron chi connectivity index (χ0n) is 11.5. The molecule has 0 radical (unpaired) electrons. The first kappa shape index (κ1) is 14.6. The topological polar surface area (TPSA) is 84.0 Å². The molecule has 2 aromatic rings. The van der Waals surface area contributed by atoms with Gasteiger partial charge in [-0.15, -0.1) is 0 Å². The zero-order chi connectivity index (χ0) is 15.5. The Morgan fingerprint density at radius 3 is 2.95 bits per heavy atom. The monoisotopic (exact) mass is 320 g/mol. The number of pyridine rings is 1. The van der Waals surface area contributed by atoms with Crippen molar-refractivity contribution in [3.63, 3.8) is 0 Å². The lowest BCUT2D eigenvalue weighted by Gasteiger charge is -2.15. The minimum atomic E-state index is -1.07. The van der Waals surface area contributed by atoms with Gasteiger partial charge < -0.3 is 19.9 Å². The molecule has 1 aromatic carbocycles. The van der Waals surface area contributed by atoms with Crippen molar-refractivity contribution in [3.8, 4) is 5.75 Å². The average Bonchev–Trinajstić information content (AvgIpc) is 3.32. The molecule has 6 nitrogen and oxygen atoms in total. The van der Waals surface area contributed by atoms with Crippen LogP contribution >= 0.6 is 11.6 Å². The molecule has 1 atom stereocenters. The summed E-state index contributed by atoms with van der Waals surface area (Å²) in [5, 5.41) is 12.7. The van der Waals surface area contributed by atoms with Crippen molar-refractivity contribution in [2.75, 3.05) is 18.5 Å². The van der Waals surface area contributed by atoms with Gasteiger partial charge in [0.25, 0.3) is 0 Å². The van der Waals surface area contributed by atoms with Gasteiger partial charge in [-0.3, -0.25) is 0 Å². The van der Waals surface area contributed by atoms with E-state index >= 15 is 0 Å². The van der Waals surface area contributed by atoms with Gasteiger partial charge in [-0.1, -0.05) is 17.7 Å². The van der Waals surface area contributed by atoms with Gasteiger partial charge in [0.05, 0.1) is 17.3 Å². The number of benzene rings is 1. The van der Waals surface area contributed by atoms with Crippen LogP contribution < -0.4 is 10.1 Å². The Morgan fingerprint density at radius 2 is 2.27 bits per heavy atom. The maximum Gasteiger partial charge on any atom is 0.339 e. The largest absolute Gasteiger partial charge is 0.488 e. The molecule has 1 aromatic heterocycles. The summed E-state index contributed by atoms with van der Waals surface area (Å²) in [5.41, 5.74) is 0.554. The van der Waals surface area contributed by atoms with E-state index in [0.717, 1.165) is 0 Å². The molecule has 1 unspecified atom stereocenters. The molecule has 2 N–H and O–H groups in total. The van der Waals surface area contributed by atoms with Gasteiger partial charge in [-0.2, -0.15) is 0 Å². The number of aromatic nitrogens is 1. The molecule has 22 heavy (non-hydrogen) atoms. The van der Waals surface area contributed by atoms with Gasteiger partial charge in [0, 0.05) is 6.20 Å². The highest BCUT2D eigenvalue weighted by atomic mass is 35.5. The van der Waals surface area contributed by atoms with E-state index in [0.29, 0.717) is 29.7 Å². The van der Waals surface area contributed by atoms with Crippen molar-refractivity contribution in [3.05, 3.63) is 47.1 Å². The van der Waals surface area contributed by atoms with Gasteiger partial charge >= 0.3 is 5.97 Å². The quantitative estimate of drug-likeness (QED) is 0.796. The number of para-hydroxylation sites is 1. The number of carbonyl (C=O) groups is 1. The number of halogens is 1. The second-order valence-corrected chi connectivity index (χ2v) is 5.12. The molecule has 114 valence electrons. The lowest BCUT2D eigenvalue weighted by atomic mass is 10.1. The Morgan fingerprint density at radius 1 is 1.45 bits per heavy atom. The third kappa shape index (κ3) is 3.29. The van der Waals surface area contributed by atoms with Crippen molar-refractivity contribution in [2.24, 2.45) is 0 Å². The van der Waals surface area contributed by atoms with Gasteiger partial charge in [-0.25, -0.2) is 9.78 Å². The molecule has 0 amide bonds. The van der Waals surface area contributed by atoms with Crippen LogP contribution in [0.25, 0.3) is 0 Å². The molecule has 1 aliphatic heterocycles. The van der Waals surface area contributed by atoms with Crippen LogP contribution in [0.15, 0.2) is 36.5 Å². The van der Waals surface area contributed by atoms with Crippen molar-refractivity contribution >= 4 is 29.1 Å². The molecule has 7 heteroatoms. The number of aromatic carboxylic acids is 1. The molecule has 1 saturated heterocycles. The van der Waals surface area contributed by atoms with E-state index < -0.39 is 5.97 Å². The summed E-state index contributed by atoms with van der Waals surface area (Å²) >= 11 is 6.06. The van der Waals surface area contributed by atoms with Crippen molar-refractivity contribution in [1.29, 1.82) is 0 Å². The number of carboxylic acid groups (broad SMARTS) is 1. The van der Waals surface area contributed by atoms with E-state index in [4.69, 9.17) is 21.1 Å². The van der Waals surface area contributed by atoms with Crippen molar-refractivity contribution in [1.82, 2.24) is 4.98 Å². The van der Waals surface area contributed by atoms with E-state index in [-0.39, 0.29) is 17.4 Å². The fourth-order valence-corrected chi connectivity index (χ4v) is 2.07. The Labute approximate surface area is 131 Å². The number of nitrogens with zero attached hydrogens (tertiary/aromatic N) is 1. The molecule has 1 fully saturated rings. The number of ether oxygens (including phenoxy) is 2. The highest BCUT2D eigenvalue weighted by Gasteiger charge is 2.25. The number of carboxylic acids is 1. The highest BCUT2D eigenvalue weighted by Crippen LogP contribution is 2.33. The third-order valence-corrected chi connectivity index (χ3v) is 3.38. The fourth-order valence-electron chi connectivity index (χ4n) is 1.91. The van der Waals surface area contributed by atoms with Gasteiger partial charge in [0.2, 0.25) is 0 Å². The smallest absolute Gasteiger partial charge is 0.339 e. The molecule has 0 bridgehead atoms. The molecule has 0 saturated carbocycles. The molecule has 2 heterocycles. The average molecular weight is 321 g/mol. The van der Waals surface area contributed by atoms with E-state index in [1.54, 1.807) is 30.5 Å². The van der Waals surface area contributed by atoms with Crippen LogP contribution in [0.3, 0.4) is 0 Å². The van der Waals surface area contributed by atoms with E-state index in [1.165, 1.54) is 6.07 Å². The standard InChI is InChI=1S/C15H13ClN2O4/c16-11-4-2-6-17-14(11)18-12-5-1-3-10(15(19)20)13(12)22-8-9-7-21-9/h1-6,9H,7-8H2,(H,17,18)(H,19,20). The first-order chi connectivity index (χ1) is 10.6. The predicted molar refractivity (Wildman–Crippen MR) is 81.2 cm³/mol. The van der Waals surface area contributed by atoms with Crippen molar-refractivity contribution in [2.45, 2.75) is 6.10 Å². The molecular formula is C15H13ClN2O4. The molecule has 0 aliphatic carbocycles. The highest BCUT2D eigenvalue weighted by molar-refractivity contribution is 6.33. The van der Waals surface area contributed by atoms with E-state index in [1.807, 2.05) is 0 Å². The summed E-state index contributed by atoms with van der Waals surface area (Å²) < 4.78 is 10.7. The Hall–Kier alpha value is -2.31. The normalized spacial score (nSPS) is 16.1. The summed E-state index contributed by atoms with van der Waals surface area (Å²) in [6.07, 6.45) is 1.61. The molecule has 0 spiro atoms. The predicted octanol–water partition coefficient (Wildman–Crippen LogP) is 2.95. The maximum atomic E-state index is 11.4. The summed E-state index contributed by atoms with van der Waals surface area (Å²) in [5.74, 6) is -0.395. The van der Waals surface area contributed by atoms with Crippen LogP contribution in [0, 0.1) is 0 Å². The van der Waals surface area contributed by atoms with Crippen LogP contribution in [0.2, 0.25) is 5.02 Å². The number of nitrogens with one attached hydrogen (secondary N) is 1. The van der Waals surface area contributed by atoms with E-state index in [2.05, 4.69) is 10.3 Å². The fraction of sp³-hybridized carbons (Fsp3) is 0.200. The first-order valence-electron chi connectivity index (χ1n) is 6.63. The third-order valence-electron chi connectivity index (χ3n) is 3.07. The minimum absolute atomic E-state index is 0.0214. The first-order valence-corrected chi connectivity index (χ1v) is 7.01. The SMILES string of the molecule is O=C(O)c1cccc(Nc2ncccc2Cl)c1OCC1CO1. The molecular weight excluding hydrogens is 308 g/mol. The van der Waals surface area contributed by atoms with Gasteiger partial charge in [0.15, 0.2) is 5.75 Å². The number of hydrogen-bond donors (Lipinski definition) is 2. The molecule has 1 aliphatic rings. The Bertz CT molecular complexity index is 704.